The van der Waals surface area contributed by atoms with Crippen LogP contribution >= 0.6 is 0 Å². The molecule has 10 heteroatoms. The molecule has 4 saturated carbocycles. The summed E-state index contributed by atoms with van der Waals surface area (Å²) in [5, 5.41) is 76.4. The van der Waals surface area contributed by atoms with Crippen molar-refractivity contribution in [1.82, 2.24) is 0 Å². The average Bonchev–Trinajstić information content (AvgIpc) is 2.94. The molecule has 256 valence electrons. The van der Waals surface area contributed by atoms with Crippen LogP contribution in [0.4, 0.5) is 0 Å². The van der Waals surface area contributed by atoms with Gasteiger partial charge < -0.3 is 45.2 Å². The van der Waals surface area contributed by atoms with E-state index in [-0.39, 0.29) is 36.4 Å². The van der Waals surface area contributed by atoms with E-state index in [0.29, 0.717) is 38.5 Å². The van der Waals surface area contributed by atoms with Crippen molar-refractivity contribution in [3.8, 4) is 0 Å². The fourth-order valence-corrected chi connectivity index (χ4v) is 12.2. The summed E-state index contributed by atoms with van der Waals surface area (Å²) in [6.07, 6.45) is -0.763. The van der Waals surface area contributed by atoms with E-state index in [1.165, 1.54) is 0 Å². The van der Waals surface area contributed by atoms with Gasteiger partial charge in [-0.1, -0.05) is 53.2 Å². The van der Waals surface area contributed by atoms with Gasteiger partial charge in [0.05, 0.1) is 31.5 Å². The number of carbonyl (C=O) groups is 1. The fourth-order valence-electron chi connectivity index (χ4n) is 12.2. The van der Waals surface area contributed by atoms with Crippen LogP contribution in [0.5, 0.6) is 0 Å². The van der Waals surface area contributed by atoms with E-state index in [1.807, 2.05) is 6.92 Å². The zero-order valence-corrected chi connectivity index (χ0v) is 27.8. The van der Waals surface area contributed by atoms with Gasteiger partial charge in [-0.15, -0.1) is 0 Å². The van der Waals surface area contributed by atoms with E-state index in [1.54, 1.807) is 0 Å². The molecule has 0 radical (unpaired) electrons. The number of rotatable bonds is 4. The standard InChI is InChI=1S/C35H56O10/c1-30(2)11-12-35(29(42)43)19(13-30)18-7-8-22-31(3)10-9-24(45-28-26(41)25(40)21(38)16-44-28)32(4,17-36)27(31)20(37)14-34(22,6)33(18,5)15-23(35)39/h7,19-28,36-41H,8-17H2,1-6H3,(H,42,43)/t19-,20+,21-,22+,23+,24-,25+,26+,27+,28-,31+,32+,33+,34+,35+/m0/s1. The van der Waals surface area contributed by atoms with Crippen molar-refractivity contribution >= 4 is 5.97 Å². The Hall–Kier alpha value is -1.11. The number of aliphatic hydroxyl groups is 6. The van der Waals surface area contributed by atoms with Gasteiger partial charge in [0, 0.05) is 11.3 Å². The highest BCUT2D eigenvalue weighted by Gasteiger charge is 2.73. The lowest BCUT2D eigenvalue weighted by atomic mass is 9.32. The Labute approximate surface area is 266 Å². The number of aliphatic carboxylic acids is 1. The smallest absolute Gasteiger partial charge is 0.312 e. The molecular formula is C35H56O10. The van der Waals surface area contributed by atoms with Gasteiger partial charge in [0.1, 0.15) is 23.7 Å². The molecule has 6 rings (SSSR count). The monoisotopic (exact) mass is 636 g/mol. The first-order valence-corrected chi connectivity index (χ1v) is 17.0. The predicted molar refractivity (Wildman–Crippen MR) is 163 cm³/mol. The first-order chi connectivity index (χ1) is 20.8. The minimum Gasteiger partial charge on any atom is -0.481 e. The van der Waals surface area contributed by atoms with Crippen molar-refractivity contribution in [2.45, 2.75) is 136 Å². The number of carboxylic acid groups (broad SMARTS) is 1. The molecule has 0 spiro atoms. The summed E-state index contributed by atoms with van der Waals surface area (Å²) in [7, 11) is 0. The van der Waals surface area contributed by atoms with Gasteiger partial charge in [0.25, 0.3) is 0 Å². The third kappa shape index (κ3) is 4.45. The summed E-state index contributed by atoms with van der Waals surface area (Å²) in [4.78, 5) is 13.0. The number of fused-ring (bicyclic) bond motifs is 7. The SMILES string of the molecule is CC1(C)CC[C@]2(C(=O)O)[C@H](O)C[C@]3(C)C(=CC[C@@H]4[C@@]5(C)CC[C@H](O[C@@H]6OC[C@H](O)[C@@H](O)[C@H]6O)[C@@](C)(CO)[C@@H]5[C@H](O)C[C@]43C)[C@@H]2C1. The Morgan fingerprint density at radius 1 is 0.933 bits per heavy atom. The van der Waals surface area contributed by atoms with Crippen LogP contribution in [-0.2, 0) is 14.3 Å². The number of carboxylic acids is 1. The second kappa shape index (κ2) is 10.7. The molecule has 15 atom stereocenters. The van der Waals surface area contributed by atoms with Crippen molar-refractivity contribution in [2.75, 3.05) is 13.2 Å². The molecule has 10 nitrogen and oxygen atoms in total. The molecule has 5 aliphatic carbocycles. The minimum atomic E-state index is -1.45. The zero-order chi connectivity index (χ0) is 33.1. The van der Waals surface area contributed by atoms with Crippen molar-refractivity contribution in [1.29, 1.82) is 0 Å². The molecule has 45 heavy (non-hydrogen) atoms. The summed E-state index contributed by atoms with van der Waals surface area (Å²) >= 11 is 0. The summed E-state index contributed by atoms with van der Waals surface area (Å²) in [5.41, 5.74) is -2.40. The topological polar surface area (TPSA) is 177 Å². The molecule has 5 fully saturated rings. The third-order valence-electron chi connectivity index (χ3n) is 14.8. The van der Waals surface area contributed by atoms with E-state index in [0.717, 1.165) is 18.4 Å². The zero-order valence-electron chi connectivity index (χ0n) is 27.8. The number of hydrogen-bond acceptors (Lipinski definition) is 9. The number of aliphatic hydroxyl groups excluding tert-OH is 6. The van der Waals surface area contributed by atoms with E-state index in [2.05, 4.69) is 40.7 Å². The van der Waals surface area contributed by atoms with E-state index >= 15 is 0 Å². The Balaban J connectivity index is 1.37. The molecule has 0 bridgehead atoms. The molecule has 0 amide bonds. The molecule has 7 N–H and O–H groups in total. The summed E-state index contributed by atoms with van der Waals surface area (Å²) in [6, 6.07) is 0. The lowest BCUT2D eigenvalue weighted by Crippen LogP contribution is -2.71. The van der Waals surface area contributed by atoms with Crippen LogP contribution in [0.3, 0.4) is 0 Å². The Bertz CT molecular complexity index is 1220. The normalized spacial score (nSPS) is 55.8. The van der Waals surface area contributed by atoms with E-state index in [4.69, 9.17) is 9.47 Å². The van der Waals surface area contributed by atoms with Crippen LogP contribution in [0.2, 0.25) is 0 Å². The van der Waals surface area contributed by atoms with Crippen molar-refractivity contribution in [3.63, 3.8) is 0 Å². The quantitative estimate of drug-likeness (QED) is 0.179. The molecule has 0 aromatic carbocycles. The van der Waals surface area contributed by atoms with E-state index in [9.17, 15) is 40.5 Å². The maximum atomic E-state index is 13.0. The van der Waals surface area contributed by atoms with Crippen LogP contribution in [0.15, 0.2) is 11.6 Å². The van der Waals surface area contributed by atoms with Crippen LogP contribution in [0, 0.1) is 50.2 Å². The number of ether oxygens (including phenoxy) is 2. The first kappa shape index (κ1) is 33.8. The van der Waals surface area contributed by atoms with Gasteiger partial charge in [0.2, 0.25) is 0 Å². The van der Waals surface area contributed by atoms with Gasteiger partial charge in [-0.05, 0) is 84.9 Å². The Kier molecular flexibility index (Phi) is 8.03. The van der Waals surface area contributed by atoms with Gasteiger partial charge in [-0.25, -0.2) is 0 Å². The largest absolute Gasteiger partial charge is 0.481 e. The minimum absolute atomic E-state index is 0.0472. The Morgan fingerprint density at radius 2 is 1.62 bits per heavy atom. The van der Waals surface area contributed by atoms with Crippen molar-refractivity contribution in [3.05, 3.63) is 11.6 Å². The van der Waals surface area contributed by atoms with Gasteiger partial charge in [-0.3, -0.25) is 4.79 Å². The van der Waals surface area contributed by atoms with Gasteiger partial charge in [-0.2, -0.15) is 0 Å². The molecule has 6 aliphatic rings. The summed E-state index contributed by atoms with van der Waals surface area (Å²) in [5.74, 6) is -1.46. The van der Waals surface area contributed by atoms with Crippen LogP contribution < -0.4 is 0 Å². The number of allylic oxidation sites excluding steroid dienone is 2. The van der Waals surface area contributed by atoms with Gasteiger partial charge in [0.15, 0.2) is 6.29 Å². The lowest BCUT2D eigenvalue weighted by molar-refractivity contribution is -0.320. The average molecular weight is 637 g/mol. The maximum absolute atomic E-state index is 13.0. The molecule has 0 aromatic rings. The maximum Gasteiger partial charge on any atom is 0.312 e. The van der Waals surface area contributed by atoms with Crippen LogP contribution in [0.1, 0.15) is 92.9 Å². The fraction of sp³-hybridized carbons (Fsp3) is 0.914. The highest BCUT2D eigenvalue weighted by atomic mass is 16.7. The number of hydrogen-bond donors (Lipinski definition) is 7. The van der Waals surface area contributed by atoms with Crippen molar-refractivity contribution in [2.24, 2.45) is 50.2 Å². The van der Waals surface area contributed by atoms with Crippen LogP contribution in [0.25, 0.3) is 0 Å². The molecule has 1 heterocycles. The summed E-state index contributed by atoms with van der Waals surface area (Å²) in [6.45, 7) is 12.5. The molecule has 0 unspecified atom stereocenters. The third-order valence-corrected chi connectivity index (χ3v) is 14.8. The predicted octanol–water partition coefficient (Wildman–Crippen LogP) is 2.61. The molecule has 1 aliphatic heterocycles. The first-order valence-electron chi connectivity index (χ1n) is 17.0. The Morgan fingerprint density at radius 3 is 2.27 bits per heavy atom. The van der Waals surface area contributed by atoms with E-state index < -0.39 is 76.0 Å². The second-order valence-electron chi connectivity index (χ2n) is 17.5. The highest BCUT2D eigenvalue weighted by Crippen LogP contribution is 2.76. The van der Waals surface area contributed by atoms with Crippen LogP contribution in [-0.4, -0.2) is 97.8 Å². The highest BCUT2D eigenvalue weighted by molar-refractivity contribution is 5.77. The second-order valence-corrected chi connectivity index (χ2v) is 17.5. The molecular weight excluding hydrogens is 580 g/mol. The summed E-state index contributed by atoms with van der Waals surface area (Å²) < 4.78 is 11.9. The molecule has 1 saturated heterocycles. The lowest BCUT2D eigenvalue weighted by Gasteiger charge is -2.72. The van der Waals surface area contributed by atoms with Gasteiger partial charge >= 0.3 is 5.97 Å². The van der Waals surface area contributed by atoms with Crippen molar-refractivity contribution < 1.29 is 50.0 Å². The molecule has 0 aromatic heterocycles.